The molecule has 2 aromatic rings. The number of fused-ring (bicyclic) bond motifs is 1. The monoisotopic (exact) mass is 352 g/mol. The Labute approximate surface area is 131 Å². The van der Waals surface area contributed by atoms with Crippen molar-refractivity contribution < 1.29 is 9.53 Å². The van der Waals surface area contributed by atoms with Crippen LogP contribution in [0.15, 0.2) is 33.7 Å². The second-order valence-corrected chi connectivity index (χ2v) is 6.63. The smallest absolute Gasteiger partial charge is 0.412 e. The molecule has 0 aliphatic heterocycles. The van der Waals surface area contributed by atoms with Gasteiger partial charge in [-0.3, -0.25) is 10.1 Å². The predicted octanol–water partition coefficient (Wildman–Crippen LogP) is 3.65. The van der Waals surface area contributed by atoms with Gasteiger partial charge in [0.25, 0.3) is 0 Å². The van der Waals surface area contributed by atoms with E-state index in [9.17, 15) is 9.59 Å². The number of nitrogens with zero attached hydrogens (tertiary/aromatic N) is 1. The van der Waals surface area contributed by atoms with Crippen LogP contribution in [0.2, 0.25) is 0 Å². The zero-order chi connectivity index (χ0) is 15.8. The summed E-state index contributed by atoms with van der Waals surface area (Å²) in [6.07, 6.45) is 1.17. The van der Waals surface area contributed by atoms with Gasteiger partial charge < -0.3 is 9.30 Å². The van der Waals surface area contributed by atoms with Gasteiger partial charge in [0.15, 0.2) is 0 Å². The minimum absolute atomic E-state index is 0.115. The molecule has 1 amide bonds. The molecule has 0 unspecified atom stereocenters. The molecule has 6 heteroatoms. The van der Waals surface area contributed by atoms with Gasteiger partial charge in [0.05, 0.1) is 9.99 Å². The van der Waals surface area contributed by atoms with Crippen LogP contribution in [0, 0.1) is 0 Å². The fraction of sp³-hybridized carbons (Fsp3) is 0.333. The first-order valence-corrected chi connectivity index (χ1v) is 7.25. The Balaban J connectivity index is 2.38. The van der Waals surface area contributed by atoms with Crippen molar-refractivity contribution in [3.05, 3.63) is 39.1 Å². The minimum atomic E-state index is -0.569. The van der Waals surface area contributed by atoms with Crippen molar-refractivity contribution in [2.45, 2.75) is 26.4 Å². The van der Waals surface area contributed by atoms with E-state index in [0.29, 0.717) is 15.5 Å². The zero-order valence-electron chi connectivity index (χ0n) is 12.4. The van der Waals surface area contributed by atoms with E-state index in [2.05, 4.69) is 21.2 Å². The van der Waals surface area contributed by atoms with Gasteiger partial charge in [0.2, 0.25) is 5.43 Å². The first-order valence-electron chi connectivity index (χ1n) is 6.46. The van der Waals surface area contributed by atoms with Crippen LogP contribution in [0.1, 0.15) is 20.8 Å². The Hall–Kier alpha value is -1.82. The number of amides is 1. The van der Waals surface area contributed by atoms with Crippen molar-refractivity contribution >= 4 is 38.6 Å². The van der Waals surface area contributed by atoms with Crippen molar-refractivity contribution in [2.24, 2.45) is 7.05 Å². The molecule has 0 aliphatic rings. The largest absolute Gasteiger partial charge is 0.444 e. The van der Waals surface area contributed by atoms with Crippen molar-refractivity contribution in [1.29, 1.82) is 0 Å². The van der Waals surface area contributed by atoms with E-state index in [1.54, 1.807) is 45.2 Å². The molecule has 0 spiro atoms. The van der Waals surface area contributed by atoms with Crippen LogP contribution < -0.4 is 10.7 Å². The SMILES string of the molecule is Cn1cc(Br)c(=O)c2cc(NC(=O)OC(C)(C)C)ccc21. The molecule has 1 aromatic carbocycles. The fourth-order valence-electron chi connectivity index (χ4n) is 1.95. The van der Waals surface area contributed by atoms with Crippen LogP contribution in [0.25, 0.3) is 10.9 Å². The predicted molar refractivity (Wildman–Crippen MR) is 86.7 cm³/mol. The molecular formula is C15H17BrN2O3. The molecule has 0 aliphatic carbocycles. The Morgan fingerprint density at radius 2 is 2.00 bits per heavy atom. The Morgan fingerprint density at radius 1 is 1.33 bits per heavy atom. The van der Waals surface area contributed by atoms with Crippen LogP contribution in [0.5, 0.6) is 0 Å². The van der Waals surface area contributed by atoms with E-state index < -0.39 is 11.7 Å². The number of halogens is 1. The summed E-state index contributed by atoms with van der Waals surface area (Å²) in [6.45, 7) is 5.37. The number of rotatable bonds is 1. The van der Waals surface area contributed by atoms with Gasteiger partial charge in [-0.1, -0.05) is 0 Å². The number of hydrogen-bond acceptors (Lipinski definition) is 3. The third kappa shape index (κ3) is 3.64. The molecule has 2 rings (SSSR count). The standard InChI is InChI=1S/C15H17BrN2O3/c1-15(2,3)21-14(20)17-9-5-6-12-10(7-9)13(19)11(16)8-18(12)4/h5-8H,1-4H3,(H,17,20). The number of nitrogens with one attached hydrogen (secondary N) is 1. The van der Waals surface area contributed by atoms with Crippen LogP contribution in [-0.4, -0.2) is 16.3 Å². The average molecular weight is 353 g/mol. The Kier molecular flexibility index (Phi) is 4.09. The summed E-state index contributed by atoms with van der Waals surface area (Å²) in [5.41, 5.74) is 0.626. The molecule has 21 heavy (non-hydrogen) atoms. The molecular weight excluding hydrogens is 336 g/mol. The van der Waals surface area contributed by atoms with Gasteiger partial charge in [-0.2, -0.15) is 0 Å². The second kappa shape index (κ2) is 5.52. The lowest BCUT2D eigenvalue weighted by molar-refractivity contribution is 0.0636. The lowest BCUT2D eigenvalue weighted by Crippen LogP contribution is -2.27. The normalized spacial score (nSPS) is 11.5. The topological polar surface area (TPSA) is 60.3 Å². The maximum atomic E-state index is 12.1. The highest BCUT2D eigenvalue weighted by Crippen LogP contribution is 2.19. The summed E-state index contributed by atoms with van der Waals surface area (Å²) in [5.74, 6) is 0. The number of carbonyl (C=O) groups is 1. The molecule has 5 nitrogen and oxygen atoms in total. The summed E-state index contributed by atoms with van der Waals surface area (Å²) >= 11 is 3.24. The maximum absolute atomic E-state index is 12.1. The van der Waals surface area contributed by atoms with Crippen LogP contribution in [-0.2, 0) is 11.8 Å². The van der Waals surface area contributed by atoms with Crippen LogP contribution in [0.4, 0.5) is 10.5 Å². The lowest BCUT2D eigenvalue weighted by Gasteiger charge is -2.19. The molecule has 1 heterocycles. The number of aryl methyl sites for hydroxylation is 1. The third-order valence-electron chi connectivity index (χ3n) is 2.79. The Morgan fingerprint density at radius 3 is 2.62 bits per heavy atom. The van der Waals surface area contributed by atoms with Crippen molar-refractivity contribution in [2.75, 3.05) is 5.32 Å². The molecule has 0 fully saturated rings. The number of ether oxygens (including phenoxy) is 1. The second-order valence-electron chi connectivity index (χ2n) is 5.78. The first kappa shape index (κ1) is 15.6. The molecule has 0 saturated heterocycles. The van der Waals surface area contributed by atoms with Gasteiger partial charge in [-0.15, -0.1) is 0 Å². The molecule has 1 N–H and O–H groups in total. The van der Waals surface area contributed by atoms with E-state index in [1.165, 1.54) is 0 Å². The lowest BCUT2D eigenvalue weighted by atomic mass is 10.2. The highest BCUT2D eigenvalue weighted by atomic mass is 79.9. The van der Waals surface area contributed by atoms with E-state index in [-0.39, 0.29) is 5.43 Å². The number of aromatic nitrogens is 1. The molecule has 0 radical (unpaired) electrons. The van der Waals surface area contributed by atoms with Crippen LogP contribution >= 0.6 is 15.9 Å². The fourth-order valence-corrected chi connectivity index (χ4v) is 2.47. The van der Waals surface area contributed by atoms with Crippen molar-refractivity contribution in [3.63, 3.8) is 0 Å². The number of benzene rings is 1. The summed E-state index contributed by atoms with van der Waals surface area (Å²) in [4.78, 5) is 23.9. The molecule has 112 valence electrons. The van der Waals surface area contributed by atoms with Gasteiger partial charge in [0.1, 0.15) is 5.60 Å². The quantitative estimate of drug-likeness (QED) is 0.851. The summed E-state index contributed by atoms with van der Waals surface area (Å²) in [5, 5.41) is 3.16. The van der Waals surface area contributed by atoms with Gasteiger partial charge >= 0.3 is 6.09 Å². The molecule has 0 saturated carbocycles. The molecule has 1 aromatic heterocycles. The average Bonchev–Trinajstić information content (AvgIpc) is 2.33. The zero-order valence-corrected chi connectivity index (χ0v) is 13.9. The summed E-state index contributed by atoms with van der Waals surface area (Å²) in [7, 11) is 1.85. The van der Waals surface area contributed by atoms with E-state index >= 15 is 0 Å². The van der Waals surface area contributed by atoms with E-state index in [1.807, 2.05) is 11.6 Å². The summed E-state index contributed by atoms with van der Waals surface area (Å²) in [6, 6.07) is 5.17. The number of carbonyl (C=O) groups excluding carboxylic acids is 1. The maximum Gasteiger partial charge on any atom is 0.412 e. The molecule has 0 bridgehead atoms. The van der Waals surface area contributed by atoms with Crippen molar-refractivity contribution in [1.82, 2.24) is 4.57 Å². The first-order chi connectivity index (χ1) is 9.67. The summed E-state index contributed by atoms with van der Waals surface area (Å²) < 4.78 is 7.51. The number of hydrogen-bond donors (Lipinski definition) is 1. The van der Waals surface area contributed by atoms with Crippen molar-refractivity contribution in [3.8, 4) is 0 Å². The van der Waals surface area contributed by atoms with Gasteiger partial charge in [0, 0.05) is 24.3 Å². The van der Waals surface area contributed by atoms with E-state index in [4.69, 9.17) is 4.74 Å². The highest BCUT2D eigenvalue weighted by Gasteiger charge is 2.16. The van der Waals surface area contributed by atoms with E-state index in [0.717, 1.165) is 5.52 Å². The Bertz CT molecular complexity index is 760. The number of pyridine rings is 1. The third-order valence-corrected chi connectivity index (χ3v) is 3.36. The minimum Gasteiger partial charge on any atom is -0.444 e. The van der Waals surface area contributed by atoms with Gasteiger partial charge in [-0.05, 0) is 54.9 Å². The van der Waals surface area contributed by atoms with Gasteiger partial charge in [-0.25, -0.2) is 4.79 Å². The van der Waals surface area contributed by atoms with Crippen LogP contribution in [0.3, 0.4) is 0 Å². The number of anilines is 1. The molecule has 0 atom stereocenters. The highest BCUT2D eigenvalue weighted by molar-refractivity contribution is 9.10.